The molecular weight excluding hydrogens is 286 g/mol. The zero-order valence-electron chi connectivity index (χ0n) is 12.4. The molecule has 1 heterocycles. The smallest absolute Gasteiger partial charge is 0.123 e. The average Bonchev–Trinajstić information content (AvgIpc) is 2.49. The molecule has 1 fully saturated rings. The van der Waals surface area contributed by atoms with Gasteiger partial charge < -0.3 is 15.6 Å². The molecule has 2 rings (SSSR count). The van der Waals surface area contributed by atoms with Gasteiger partial charge >= 0.3 is 0 Å². The zero-order chi connectivity index (χ0) is 15.2. The Bertz CT molecular complexity index is 488. The molecule has 1 aliphatic heterocycles. The molecule has 0 unspecified atom stereocenters. The summed E-state index contributed by atoms with van der Waals surface area (Å²) in [6.07, 6.45) is 0. The number of aliphatic hydroxyl groups is 1. The first kappa shape index (κ1) is 16.2. The molecule has 0 aliphatic carbocycles. The third-order valence-electron chi connectivity index (χ3n) is 3.84. The van der Waals surface area contributed by atoms with Crippen molar-refractivity contribution in [2.75, 3.05) is 46.4 Å². The lowest BCUT2D eigenvalue weighted by Crippen LogP contribution is -2.46. The maximum Gasteiger partial charge on any atom is 0.123 e. The molecule has 1 aromatic rings. The van der Waals surface area contributed by atoms with Gasteiger partial charge in [-0.15, -0.1) is 0 Å². The third kappa shape index (κ3) is 4.38. The Balaban J connectivity index is 2.02. The van der Waals surface area contributed by atoms with E-state index < -0.39 is 0 Å². The summed E-state index contributed by atoms with van der Waals surface area (Å²) in [4.78, 5) is 5.07. The van der Waals surface area contributed by atoms with E-state index in [1.807, 2.05) is 18.2 Å². The van der Waals surface area contributed by atoms with Crippen LogP contribution in [0.2, 0.25) is 0 Å². The minimum atomic E-state index is 0.226. The van der Waals surface area contributed by atoms with Gasteiger partial charge in [-0.2, -0.15) is 0 Å². The Morgan fingerprint density at radius 2 is 1.95 bits per heavy atom. The highest BCUT2D eigenvalue weighted by atomic mass is 32.1. The summed E-state index contributed by atoms with van der Waals surface area (Å²) in [5.41, 5.74) is 7.69. The van der Waals surface area contributed by atoms with Gasteiger partial charge in [0.05, 0.1) is 13.7 Å². The molecule has 5 nitrogen and oxygen atoms in total. The molecule has 1 aromatic carbocycles. The van der Waals surface area contributed by atoms with Crippen LogP contribution in [-0.4, -0.2) is 66.3 Å². The fourth-order valence-electron chi connectivity index (χ4n) is 2.61. The second-order valence-corrected chi connectivity index (χ2v) is 5.67. The van der Waals surface area contributed by atoms with Crippen LogP contribution in [0.5, 0.6) is 5.75 Å². The van der Waals surface area contributed by atoms with E-state index in [0.717, 1.165) is 56.1 Å². The fourth-order valence-corrected chi connectivity index (χ4v) is 2.74. The summed E-state index contributed by atoms with van der Waals surface area (Å²) in [7, 11) is 1.68. The van der Waals surface area contributed by atoms with E-state index in [1.165, 1.54) is 0 Å². The molecule has 0 bridgehead atoms. The van der Waals surface area contributed by atoms with Gasteiger partial charge in [-0.05, 0) is 18.2 Å². The molecule has 0 atom stereocenters. The van der Waals surface area contributed by atoms with Gasteiger partial charge in [-0.25, -0.2) is 0 Å². The van der Waals surface area contributed by atoms with Gasteiger partial charge in [0.2, 0.25) is 0 Å². The SMILES string of the molecule is COc1ccc(C(N)=S)cc1CN1CCN(CCO)CC1. The number of methoxy groups -OCH3 is 1. The van der Waals surface area contributed by atoms with Crippen LogP contribution in [0.25, 0.3) is 0 Å². The number of rotatable bonds is 6. The lowest BCUT2D eigenvalue weighted by atomic mass is 10.1. The largest absolute Gasteiger partial charge is 0.496 e. The normalized spacial score (nSPS) is 16.9. The highest BCUT2D eigenvalue weighted by Crippen LogP contribution is 2.22. The first-order valence-electron chi connectivity index (χ1n) is 7.16. The van der Waals surface area contributed by atoms with Crippen molar-refractivity contribution in [2.45, 2.75) is 6.54 Å². The molecule has 0 saturated carbocycles. The monoisotopic (exact) mass is 309 g/mol. The summed E-state index contributed by atoms with van der Waals surface area (Å²) < 4.78 is 5.43. The number of thiocarbonyl (C=S) groups is 1. The Morgan fingerprint density at radius 3 is 2.52 bits per heavy atom. The summed E-state index contributed by atoms with van der Waals surface area (Å²) in [5, 5.41) is 8.97. The molecule has 1 saturated heterocycles. The van der Waals surface area contributed by atoms with Crippen LogP contribution in [0.3, 0.4) is 0 Å². The highest BCUT2D eigenvalue weighted by Gasteiger charge is 2.18. The number of aliphatic hydroxyl groups excluding tert-OH is 1. The number of nitrogens with zero attached hydrogens (tertiary/aromatic N) is 2. The van der Waals surface area contributed by atoms with Crippen molar-refractivity contribution in [3.05, 3.63) is 29.3 Å². The summed E-state index contributed by atoms with van der Waals surface area (Å²) >= 11 is 5.04. The maximum atomic E-state index is 8.97. The maximum absolute atomic E-state index is 8.97. The van der Waals surface area contributed by atoms with Gasteiger partial charge in [-0.3, -0.25) is 9.80 Å². The number of hydrogen-bond acceptors (Lipinski definition) is 5. The van der Waals surface area contributed by atoms with E-state index in [4.69, 9.17) is 27.8 Å². The number of β-amino-alcohol motifs (C(OH)–C–C–N with tert-alkyl or cyclic N) is 1. The highest BCUT2D eigenvalue weighted by molar-refractivity contribution is 7.80. The molecule has 1 aliphatic rings. The molecule has 3 N–H and O–H groups in total. The fraction of sp³-hybridized carbons (Fsp3) is 0.533. The predicted octanol–water partition coefficient (Wildman–Crippen LogP) is 0.439. The second kappa shape index (κ2) is 7.70. The molecule has 0 amide bonds. The quantitative estimate of drug-likeness (QED) is 0.744. The minimum absolute atomic E-state index is 0.226. The predicted molar refractivity (Wildman–Crippen MR) is 87.7 cm³/mol. The Hall–Kier alpha value is -1.21. The summed E-state index contributed by atoms with van der Waals surface area (Å²) in [5.74, 6) is 0.868. The van der Waals surface area contributed by atoms with E-state index in [1.54, 1.807) is 7.11 Å². The van der Waals surface area contributed by atoms with E-state index in [0.29, 0.717) is 4.99 Å². The van der Waals surface area contributed by atoms with E-state index >= 15 is 0 Å². The molecule has 0 spiro atoms. The van der Waals surface area contributed by atoms with Gasteiger partial charge in [0.25, 0.3) is 0 Å². The van der Waals surface area contributed by atoms with Crippen molar-refractivity contribution in [1.82, 2.24) is 9.80 Å². The number of piperazine rings is 1. The van der Waals surface area contributed by atoms with E-state index in [2.05, 4.69) is 9.80 Å². The number of hydrogen-bond donors (Lipinski definition) is 2. The van der Waals surface area contributed by atoms with Crippen LogP contribution in [0.1, 0.15) is 11.1 Å². The number of ether oxygens (including phenoxy) is 1. The molecule has 0 aromatic heterocycles. The Kier molecular flexibility index (Phi) is 5.93. The van der Waals surface area contributed by atoms with Crippen LogP contribution in [-0.2, 0) is 6.54 Å². The summed E-state index contributed by atoms with van der Waals surface area (Å²) in [6.45, 7) is 5.75. The van der Waals surface area contributed by atoms with Crippen molar-refractivity contribution >= 4 is 17.2 Å². The average molecular weight is 309 g/mol. The summed E-state index contributed by atoms with van der Waals surface area (Å²) in [6, 6.07) is 5.83. The first-order valence-corrected chi connectivity index (χ1v) is 7.57. The number of benzene rings is 1. The standard InChI is InChI=1S/C15H23N3O2S/c1-20-14-3-2-12(15(16)21)10-13(14)11-18-6-4-17(5-7-18)8-9-19/h2-3,10,19H,4-9,11H2,1H3,(H2,16,21). The van der Waals surface area contributed by atoms with Gasteiger partial charge in [0.1, 0.15) is 10.7 Å². The third-order valence-corrected chi connectivity index (χ3v) is 4.08. The molecule has 21 heavy (non-hydrogen) atoms. The molecule has 6 heteroatoms. The lowest BCUT2D eigenvalue weighted by Gasteiger charge is -2.34. The number of nitrogens with two attached hydrogens (primary N) is 1. The van der Waals surface area contributed by atoms with Crippen LogP contribution in [0, 0.1) is 0 Å². The van der Waals surface area contributed by atoms with Crippen LogP contribution < -0.4 is 10.5 Å². The molecular formula is C15H23N3O2S. The topological polar surface area (TPSA) is 62.0 Å². The Morgan fingerprint density at radius 1 is 1.29 bits per heavy atom. The molecule has 116 valence electrons. The first-order chi connectivity index (χ1) is 10.1. The lowest BCUT2D eigenvalue weighted by molar-refractivity contribution is 0.108. The van der Waals surface area contributed by atoms with Gasteiger partial charge in [0, 0.05) is 50.4 Å². The second-order valence-electron chi connectivity index (χ2n) is 5.23. The van der Waals surface area contributed by atoms with E-state index in [-0.39, 0.29) is 6.61 Å². The van der Waals surface area contributed by atoms with Gasteiger partial charge in [-0.1, -0.05) is 12.2 Å². The van der Waals surface area contributed by atoms with Crippen molar-refractivity contribution in [3.63, 3.8) is 0 Å². The zero-order valence-corrected chi connectivity index (χ0v) is 13.2. The van der Waals surface area contributed by atoms with Crippen molar-refractivity contribution in [2.24, 2.45) is 5.73 Å². The van der Waals surface area contributed by atoms with Crippen LogP contribution >= 0.6 is 12.2 Å². The molecule has 0 radical (unpaired) electrons. The van der Waals surface area contributed by atoms with Crippen molar-refractivity contribution in [1.29, 1.82) is 0 Å². The van der Waals surface area contributed by atoms with Crippen molar-refractivity contribution < 1.29 is 9.84 Å². The van der Waals surface area contributed by atoms with Crippen LogP contribution in [0.4, 0.5) is 0 Å². The van der Waals surface area contributed by atoms with Gasteiger partial charge in [0.15, 0.2) is 0 Å². The minimum Gasteiger partial charge on any atom is -0.496 e. The van der Waals surface area contributed by atoms with E-state index in [9.17, 15) is 0 Å². The van der Waals surface area contributed by atoms with Crippen LogP contribution in [0.15, 0.2) is 18.2 Å². The Labute approximate surface area is 131 Å². The van der Waals surface area contributed by atoms with Crippen molar-refractivity contribution in [3.8, 4) is 5.75 Å².